The zero-order valence-corrected chi connectivity index (χ0v) is 15.4. The molecule has 1 aliphatic rings. The molecule has 5 heteroatoms. The number of nitrogens with one attached hydrogen (secondary N) is 1. The number of nitrogens with zero attached hydrogens (tertiary/aromatic N) is 2. The van der Waals surface area contributed by atoms with Crippen molar-refractivity contribution < 1.29 is 4.79 Å². The number of halogens is 1. The molecule has 0 bridgehead atoms. The highest BCUT2D eigenvalue weighted by Crippen LogP contribution is 2.31. The van der Waals surface area contributed by atoms with Crippen LogP contribution in [0.3, 0.4) is 0 Å². The van der Waals surface area contributed by atoms with Gasteiger partial charge in [-0.25, -0.2) is 4.79 Å². The van der Waals surface area contributed by atoms with Crippen LogP contribution in [0.25, 0.3) is 0 Å². The largest absolute Gasteiger partial charge is 0.367 e. The Morgan fingerprint density at radius 2 is 1.87 bits per heavy atom. The second-order valence-electron chi connectivity index (χ2n) is 6.80. The monoisotopic (exact) mass is 337 g/mol. The van der Waals surface area contributed by atoms with E-state index in [1.165, 1.54) is 11.1 Å². The molecular formula is C18H28ClN3O. The molecular weight excluding hydrogens is 310 g/mol. The van der Waals surface area contributed by atoms with E-state index in [1.54, 1.807) is 0 Å². The molecule has 4 nitrogen and oxygen atoms in total. The van der Waals surface area contributed by atoms with Crippen molar-refractivity contribution in [2.24, 2.45) is 5.92 Å². The smallest absolute Gasteiger partial charge is 0.317 e. The van der Waals surface area contributed by atoms with E-state index >= 15 is 0 Å². The lowest BCUT2D eigenvalue weighted by atomic mass is 10.1. The zero-order chi connectivity index (χ0) is 17.0. The molecule has 1 N–H and O–H groups in total. The lowest BCUT2D eigenvalue weighted by Crippen LogP contribution is -2.52. The van der Waals surface area contributed by atoms with Crippen LogP contribution in [0.4, 0.5) is 10.5 Å². The lowest BCUT2D eigenvalue weighted by Gasteiger charge is -2.37. The minimum atomic E-state index is 0.0528. The molecule has 0 aromatic heterocycles. The lowest BCUT2D eigenvalue weighted by molar-refractivity contribution is 0.194. The van der Waals surface area contributed by atoms with Crippen LogP contribution in [0.15, 0.2) is 12.1 Å². The van der Waals surface area contributed by atoms with Gasteiger partial charge in [-0.3, -0.25) is 0 Å². The third kappa shape index (κ3) is 4.77. The summed E-state index contributed by atoms with van der Waals surface area (Å²) in [7, 11) is 0. The number of urea groups is 1. The number of aryl methyl sites for hydroxylation is 2. The highest BCUT2D eigenvalue weighted by molar-refractivity contribution is 6.33. The van der Waals surface area contributed by atoms with Crippen molar-refractivity contribution >= 4 is 23.3 Å². The highest BCUT2D eigenvalue weighted by atomic mass is 35.5. The number of piperazine rings is 1. The van der Waals surface area contributed by atoms with E-state index in [1.807, 2.05) is 11.0 Å². The van der Waals surface area contributed by atoms with E-state index in [-0.39, 0.29) is 6.03 Å². The van der Waals surface area contributed by atoms with E-state index in [9.17, 15) is 4.79 Å². The van der Waals surface area contributed by atoms with Crippen molar-refractivity contribution in [3.63, 3.8) is 0 Å². The van der Waals surface area contributed by atoms with E-state index in [4.69, 9.17) is 11.6 Å². The summed E-state index contributed by atoms with van der Waals surface area (Å²) in [5.41, 5.74) is 3.49. The van der Waals surface area contributed by atoms with Crippen LogP contribution in [0.1, 0.15) is 31.4 Å². The Morgan fingerprint density at radius 3 is 2.43 bits per heavy atom. The van der Waals surface area contributed by atoms with Crippen molar-refractivity contribution in [1.82, 2.24) is 10.2 Å². The molecule has 1 aromatic carbocycles. The summed E-state index contributed by atoms with van der Waals surface area (Å²) in [4.78, 5) is 16.4. The van der Waals surface area contributed by atoms with Crippen molar-refractivity contribution in [3.05, 3.63) is 28.3 Å². The summed E-state index contributed by atoms with van der Waals surface area (Å²) >= 11 is 6.43. The predicted octanol–water partition coefficient (Wildman–Crippen LogP) is 3.83. The maximum atomic E-state index is 12.2. The molecule has 0 spiro atoms. The van der Waals surface area contributed by atoms with Gasteiger partial charge >= 0.3 is 6.03 Å². The Hall–Kier alpha value is -1.42. The summed E-state index contributed by atoms with van der Waals surface area (Å²) in [5.74, 6) is 0.610. The van der Waals surface area contributed by atoms with E-state index in [0.29, 0.717) is 5.92 Å². The second kappa shape index (κ2) is 7.91. The van der Waals surface area contributed by atoms with Gasteiger partial charge < -0.3 is 15.1 Å². The maximum absolute atomic E-state index is 12.2. The van der Waals surface area contributed by atoms with Gasteiger partial charge in [-0.05, 0) is 43.4 Å². The van der Waals surface area contributed by atoms with Gasteiger partial charge in [0.05, 0.1) is 10.7 Å². The third-order valence-electron chi connectivity index (χ3n) is 4.28. The summed E-state index contributed by atoms with van der Waals surface area (Å²) in [5, 5.41) is 3.81. The van der Waals surface area contributed by atoms with Crippen LogP contribution >= 0.6 is 11.6 Å². The zero-order valence-electron chi connectivity index (χ0n) is 14.7. The molecule has 128 valence electrons. The Balaban J connectivity index is 1.90. The molecule has 1 saturated heterocycles. The summed E-state index contributed by atoms with van der Waals surface area (Å²) in [6, 6.07) is 4.22. The van der Waals surface area contributed by atoms with Gasteiger partial charge in [0.1, 0.15) is 0 Å². The molecule has 1 aliphatic heterocycles. The van der Waals surface area contributed by atoms with Crippen molar-refractivity contribution in [1.29, 1.82) is 0 Å². The molecule has 0 saturated carbocycles. The van der Waals surface area contributed by atoms with Crippen molar-refractivity contribution in [3.8, 4) is 0 Å². The Morgan fingerprint density at radius 1 is 1.22 bits per heavy atom. The van der Waals surface area contributed by atoms with Gasteiger partial charge in [-0.15, -0.1) is 0 Å². The van der Waals surface area contributed by atoms with E-state index < -0.39 is 0 Å². The van der Waals surface area contributed by atoms with Gasteiger partial charge in [-0.1, -0.05) is 31.5 Å². The Bertz CT molecular complexity index is 528. The number of benzene rings is 1. The van der Waals surface area contributed by atoms with Crippen LogP contribution in [-0.4, -0.2) is 43.7 Å². The average molecular weight is 338 g/mol. The molecule has 2 amide bonds. The standard InChI is InChI=1S/C18H28ClN3O/c1-13(2)5-6-20-18(23)22-9-7-21(8-10-22)17-15(4)11-14(3)12-16(17)19/h11-13H,5-10H2,1-4H3,(H,20,23). The fraction of sp³-hybridized carbons (Fsp3) is 0.611. The molecule has 23 heavy (non-hydrogen) atoms. The molecule has 1 heterocycles. The van der Waals surface area contributed by atoms with Gasteiger partial charge in [-0.2, -0.15) is 0 Å². The van der Waals surface area contributed by atoms with Crippen LogP contribution in [0.5, 0.6) is 0 Å². The van der Waals surface area contributed by atoms with Crippen LogP contribution < -0.4 is 10.2 Å². The van der Waals surface area contributed by atoms with E-state index in [0.717, 1.165) is 49.9 Å². The number of carbonyl (C=O) groups is 1. The summed E-state index contributed by atoms with van der Waals surface area (Å²) < 4.78 is 0. The van der Waals surface area contributed by atoms with Gasteiger partial charge in [0.2, 0.25) is 0 Å². The second-order valence-corrected chi connectivity index (χ2v) is 7.21. The summed E-state index contributed by atoms with van der Waals surface area (Å²) in [6.45, 7) is 12.3. The van der Waals surface area contributed by atoms with Crippen LogP contribution in [0.2, 0.25) is 5.02 Å². The molecule has 1 aromatic rings. The SMILES string of the molecule is Cc1cc(C)c(N2CCN(C(=O)NCCC(C)C)CC2)c(Cl)c1. The van der Waals surface area contributed by atoms with Gasteiger partial charge in [0.25, 0.3) is 0 Å². The molecule has 2 rings (SSSR count). The quantitative estimate of drug-likeness (QED) is 0.906. The molecule has 1 fully saturated rings. The maximum Gasteiger partial charge on any atom is 0.317 e. The molecule has 0 radical (unpaired) electrons. The fourth-order valence-electron chi connectivity index (χ4n) is 3.02. The number of carbonyl (C=O) groups excluding carboxylic acids is 1. The minimum absolute atomic E-state index is 0.0528. The highest BCUT2D eigenvalue weighted by Gasteiger charge is 2.23. The topological polar surface area (TPSA) is 35.6 Å². The Kier molecular flexibility index (Phi) is 6.17. The predicted molar refractivity (Wildman–Crippen MR) is 97.6 cm³/mol. The normalized spacial score (nSPS) is 15.2. The van der Waals surface area contributed by atoms with Crippen LogP contribution in [-0.2, 0) is 0 Å². The number of hydrogen-bond acceptors (Lipinski definition) is 2. The first-order valence-electron chi connectivity index (χ1n) is 8.43. The molecule has 0 aliphatic carbocycles. The third-order valence-corrected chi connectivity index (χ3v) is 4.57. The Labute approximate surface area is 144 Å². The van der Waals surface area contributed by atoms with Gasteiger partial charge in [0, 0.05) is 32.7 Å². The number of hydrogen-bond donors (Lipinski definition) is 1. The van der Waals surface area contributed by atoms with E-state index in [2.05, 4.69) is 44.0 Å². The molecule has 0 atom stereocenters. The van der Waals surface area contributed by atoms with Gasteiger partial charge in [0.15, 0.2) is 0 Å². The first-order chi connectivity index (χ1) is 10.9. The molecule has 0 unspecified atom stereocenters. The first-order valence-corrected chi connectivity index (χ1v) is 8.80. The number of rotatable bonds is 4. The summed E-state index contributed by atoms with van der Waals surface area (Å²) in [6.07, 6.45) is 1.02. The fourth-order valence-corrected chi connectivity index (χ4v) is 3.46. The first kappa shape index (κ1) is 17.9. The minimum Gasteiger partial charge on any atom is -0.367 e. The number of anilines is 1. The average Bonchev–Trinajstić information content (AvgIpc) is 2.46. The number of amides is 2. The van der Waals surface area contributed by atoms with Crippen LogP contribution in [0, 0.1) is 19.8 Å². The van der Waals surface area contributed by atoms with Crippen molar-refractivity contribution in [2.45, 2.75) is 34.1 Å². The van der Waals surface area contributed by atoms with Crippen molar-refractivity contribution in [2.75, 3.05) is 37.6 Å².